The number of carbonyl (C=O) groups is 1. The molecule has 1 heterocycles. The molecule has 5 nitrogen and oxygen atoms in total. The maximum Gasteiger partial charge on any atom is 0.253 e. The zero-order valence-electron chi connectivity index (χ0n) is 9.19. The maximum absolute atomic E-state index is 11.6. The minimum atomic E-state index is -0.186. The Bertz CT molecular complexity index is 402. The minimum absolute atomic E-state index is 0.186. The van der Waals surface area contributed by atoms with Gasteiger partial charge in [0.1, 0.15) is 5.75 Å². The van der Waals surface area contributed by atoms with E-state index >= 15 is 0 Å². The van der Waals surface area contributed by atoms with E-state index in [2.05, 4.69) is 10.3 Å². The molecule has 2 rings (SSSR count). The molecule has 1 saturated carbocycles. The summed E-state index contributed by atoms with van der Waals surface area (Å²) in [6.07, 6.45) is 5.53. The molecule has 0 radical (unpaired) electrons. The third-order valence-electron chi connectivity index (χ3n) is 2.51. The number of pyridine rings is 1. The van der Waals surface area contributed by atoms with Gasteiger partial charge in [0.05, 0.1) is 17.9 Å². The fourth-order valence-corrected chi connectivity index (χ4v) is 1.48. The first-order valence-corrected chi connectivity index (χ1v) is 5.32. The van der Waals surface area contributed by atoms with Gasteiger partial charge in [-0.05, 0) is 12.8 Å². The fraction of sp³-hybridized carbons (Fsp3) is 0.455. The number of amides is 1. The van der Waals surface area contributed by atoms with E-state index in [9.17, 15) is 4.79 Å². The minimum Gasteiger partial charge on any atom is -0.488 e. The molecule has 0 unspecified atom stereocenters. The van der Waals surface area contributed by atoms with Crippen LogP contribution in [0.3, 0.4) is 0 Å². The van der Waals surface area contributed by atoms with Crippen molar-refractivity contribution in [3.05, 3.63) is 23.5 Å². The van der Waals surface area contributed by atoms with E-state index in [0.717, 1.165) is 18.4 Å². The van der Waals surface area contributed by atoms with Crippen LogP contribution in [0.5, 0.6) is 5.75 Å². The zero-order chi connectivity index (χ0) is 11.5. The summed E-state index contributed by atoms with van der Waals surface area (Å²) in [5, 5.41) is 2.56. The smallest absolute Gasteiger partial charge is 0.253 e. The van der Waals surface area contributed by atoms with Crippen LogP contribution >= 0.6 is 0 Å². The number of ether oxygens (including phenoxy) is 1. The van der Waals surface area contributed by atoms with Crippen LogP contribution in [0.15, 0.2) is 12.4 Å². The molecule has 3 N–H and O–H groups in total. The molecule has 0 atom stereocenters. The van der Waals surface area contributed by atoms with Gasteiger partial charge < -0.3 is 15.8 Å². The molecular formula is C11H15N3O2. The molecule has 1 amide bonds. The van der Waals surface area contributed by atoms with Crippen molar-refractivity contribution in [1.29, 1.82) is 0 Å². The quantitative estimate of drug-likeness (QED) is 0.773. The van der Waals surface area contributed by atoms with E-state index in [1.54, 1.807) is 13.2 Å². The molecule has 1 aliphatic rings. The van der Waals surface area contributed by atoms with Crippen molar-refractivity contribution < 1.29 is 9.53 Å². The van der Waals surface area contributed by atoms with Crippen LogP contribution in [0.25, 0.3) is 0 Å². The average Bonchev–Trinajstić information content (AvgIpc) is 3.11. The van der Waals surface area contributed by atoms with Gasteiger partial charge in [-0.15, -0.1) is 0 Å². The first-order chi connectivity index (χ1) is 7.76. The van der Waals surface area contributed by atoms with Gasteiger partial charge in [-0.1, -0.05) is 0 Å². The SMILES string of the molecule is CNC(=O)c1cncc(OC2CC2)c1CN. The number of carbonyl (C=O) groups excluding carboxylic acids is 1. The fourth-order valence-electron chi connectivity index (χ4n) is 1.48. The van der Waals surface area contributed by atoms with Gasteiger partial charge in [-0.25, -0.2) is 0 Å². The summed E-state index contributed by atoms with van der Waals surface area (Å²) in [7, 11) is 1.58. The Morgan fingerprint density at radius 1 is 1.62 bits per heavy atom. The van der Waals surface area contributed by atoms with Crippen molar-refractivity contribution in [2.75, 3.05) is 7.05 Å². The van der Waals surface area contributed by atoms with Crippen LogP contribution in [0, 0.1) is 0 Å². The van der Waals surface area contributed by atoms with Gasteiger partial charge >= 0.3 is 0 Å². The van der Waals surface area contributed by atoms with E-state index in [1.807, 2.05) is 0 Å². The highest BCUT2D eigenvalue weighted by Crippen LogP contribution is 2.29. The second kappa shape index (κ2) is 4.49. The van der Waals surface area contributed by atoms with Crippen molar-refractivity contribution in [2.45, 2.75) is 25.5 Å². The molecule has 0 spiro atoms. The Hall–Kier alpha value is -1.62. The predicted octanol–water partition coefficient (Wildman–Crippen LogP) is 0.441. The normalized spacial score (nSPS) is 14.6. The molecule has 16 heavy (non-hydrogen) atoms. The molecular weight excluding hydrogens is 206 g/mol. The Balaban J connectivity index is 2.32. The van der Waals surface area contributed by atoms with Crippen LogP contribution in [-0.2, 0) is 6.54 Å². The second-order valence-corrected chi connectivity index (χ2v) is 3.76. The van der Waals surface area contributed by atoms with E-state index in [4.69, 9.17) is 10.5 Å². The highest BCUT2D eigenvalue weighted by Gasteiger charge is 2.25. The van der Waals surface area contributed by atoms with Gasteiger partial charge in [0.25, 0.3) is 5.91 Å². The van der Waals surface area contributed by atoms with Crippen molar-refractivity contribution >= 4 is 5.91 Å². The summed E-state index contributed by atoms with van der Waals surface area (Å²) in [4.78, 5) is 15.6. The number of rotatable bonds is 4. The van der Waals surface area contributed by atoms with Crippen molar-refractivity contribution in [2.24, 2.45) is 5.73 Å². The van der Waals surface area contributed by atoms with E-state index in [1.165, 1.54) is 6.20 Å². The summed E-state index contributed by atoms with van der Waals surface area (Å²) < 4.78 is 5.66. The lowest BCUT2D eigenvalue weighted by atomic mass is 10.1. The Morgan fingerprint density at radius 3 is 2.94 bits per heavy atom. The predicted molar refractivity (Wildman–Crippen MR) is 59.2 cm³/mol. The van der Waals surface area contributed by atoms with E-state index in [0.29, 0.717) is 11.3 Å². The lowest BCUT2D eigenvalue weighted by molar-refractivity contribution is 0.0961. The summed E-state index contributed by atoms with van der Waals surface area (Å²) in [6, 6.07) is 0. The molecule has 0 bridgehead atoms. The Morgan fingerprint density at radius 2 is 2.38 bits per heavy atom. The van der Waals surface area contributed by atoms with Crippen LogP contribution < -0.4 is 15.8 Å². The summed E-state index contributed by atoms with van der Waals surface area (Å²) in [6.45, 7) is 0.271. The van der Waals surface area contributed by atoms with Crippen LogP contribution in [0.2, 0.25) is 0 Å². The average molecular weight is 221 g/mol. The number of nitrogens with one attached hydrogen (secondary N) is 1. The monoisotopic (exact) mass is 221 g/mol. The van der Waals surface area contributed by atoms with Crippen molar-refractivity contribution in [3.63, 3.8) is 0 Å². The molecule has 1 aliphatic carbocycles. The van der Waals surface area contributed by atoms with Crippen molar-refractivity contribution in [1.82, 2.24) is 10.3 Å². The number of nitrogens with zero attached hydrogens (tertiary/aromatic N) is 1. The summed E-state index contributed by atoms with van der Waals surface area (Å²) >= 11 is 0. The first-order valence-electron chi connectivity index (χ1n) is 5.32. The molecule has 0 aromatic carbocycles. The van der Waals surface area contributed by atoms with Crippen LogP contribution in [0.1, 0.15) is 28.8 Å². The largest absolute Gasteiger partial charge is 0.488 e. The molecule has 86 valence electrons. The van der Waals surface area contributed by atoms with Gasteiger partial charge in [0.15, 0.2) is 0 Å². The van der Waals surface area contributed by atoms with Gasteiger partial charge in [-0.2, -0.15) is 0 Å². The molecule has 5 heteroatoms. The third kappa shape index (κ3) is 2.14. The Kier molecular flexibility index (Phi) is 3.05. The lowest BCUT2D eigenvalue weighted by Gasteiger charge is -2.12. The highest BCUT2D eigenvalue weighted by atomic mass is 16.5. The highest BCUT2D eigenvalue weighted by molar-refractivity contribution is 5.95. The standard InChI is InChI=1S/C11H15N3O2/c1-13-11(15)9-5-14-6-10(8(9)4-12)16-7-2-3-7/h5-7H,2-4,12H2,1H3,(H,13,15). The first kappa shape index (κ1) is 10.9. The lowest BCUT2D eigenvalue weighted by Crippen LogP contribution is -2.21. The van der Waals surface area contributed by atoms with Crippen LogP contribution in [-0.4, -0.2) is 24.0 Å². The third-order valence-corrected chi connectivity index (χ3v) is 2.51. The van der Waals surface area contributed by atoms with Crippen LogP contribution in [0.4, 0.5) is 0 Å². The summed E-state index contributed by atoms with van der Waals surface area (Å²) in [5.41, 5.74) is 6.86. The zero-order valence-corrected chi connectivity index (χ0v) is 9.19. The van der Waals surface area contributed by atoms with Crippen molar-refractivity contribution in [3.8, 4) is 5.75 Å². The maximum atomic E-state index is 11.6. The number of hydrogen-bond donors (Lipinski definition) is 2. The van der Waals surface area contributed by atoms with Gasteiger partial charge in [0, 0.05) is 25.4 Å². The van der Waals surface area contributed by atoms with E-state index in [-0.39, 0.29) is 18.6 Å². The summed E-state index contributed by atoms with van der Waals surface area (Å²) in [5.74, 6) is 0.445. The van der Waals surface area contributed by atoms with Gasteiger partial charge in [-0.3, -0.25) is 9.78 Å². The number of aromatic nitrogens is 1. The Labute approximate surface area is 94.0 Å². The van der Waals surface area contributed by atoms with Gasteiger partial charge in [0.2, 0.25) is 0 Å². The number of nitrogens with two attached hydrogens (primary N) is 1. The molecule has 0 aliphatic heterocycles. The molecule has 0 saturated heterocycles. The molecule has 1 aromatic rings. The van der Waals surface area contributed by atoms with E-state index < -0.39 is 0 Å². The topological polar surface area (TPSA) is 77.2 Å². The second-order valence-electron chi connectivity index (χ2n) is 3.76. The molecule has 1 aromatic heterocycles. The number of hydrogen-bond acceptors (Lipinski definition) is 4. The molecule has 1 fully saturated rings.